The number of hydrogen-bond acceptors (Lipinski definition) is 5. The average Bonchev–Trinajstić information content (AvgIpc) is 2.57. The highest BCUT2D eigenvalue weighted by Crippen LogP contribution is 2.14. The van der Waals surface area contributed by atoms with Gasteiger partial charge in [0.15, 0.2) is 0 Å². The normalized spacial score (nSPS) is 10.4. The summed E-state index contributed by atoms with van der Waals surface area (Å²) in [5.41, 5.74) is 0.925. The first-order chi connectivity index (χ1) is 7.66. The molecule has 6 heteroatoms. The SMILES string of the molecule is Cc1nc(CNc2ncncc2I)oc1C. The van der Waals surface area contributed by atoms with E-state index in [4.69, 9.17) is 4.42 Å². The molecule has 2 aromatic rings. The molecule has 0 amide bonds. The largest absolute Gasteiger partial charge is 0.444 e. The third-order valence-electron chi connectivity index (χ3n) is 2.15. The van der Waals surface area contributed by atoms with E-state index in [1.807, 2.05) is 13.8 Å². The summed E-state index contributed by atoms with van der Waals surface area (Å²) >= 11 is 2.18. The number of aryl methyl sites for hydroxylation is 2. The van der Waals surface area contributed by atoms with Crippen LogP contribution in [0.15, 0.2) is 16.9 Å². The van der Waals surface area contributed by atoms with Crippen molar-refractivity contribution in [3.63, 3.8) is 0 Å². The summed E-state index contributed by atoms with van der Waals surface area (Å²) in [5.74, 6) is 2.32. The summed E-state index contributed by atoms with van der Waals surface area (Å²) in [6, 6.07) is 0. The van der Waals surface area contributed by atoms with Crippen LogP contribution in [-0.2, 0) is 6.54 Å². The Hall–Kier alpha value is -1.18. The molecule has 2 heterocycles. The van der Waals surface area contributed by atoms with Gasteiger partial charge < -0.3 is 9.73 Å². The van der Waals surface area contributed by atoms with Gasteiger partial charge in [-0.2, -0.15) is 0 Å². The van der Waals surface area contributed by atoms with Gasteiger partial charge in [0.2, 0.25) is 5.89 Å². The lowest BCUT2D eigenvalue weighted by molar-refractivity contribution is 0.478. The molecule has 0 bridgehead atoms. The monoisotopic (exact) mass is 330 g/mol. The third kappa shape index (κ3) is 2.49. The Labute approximate surface area is 107 Å². The fraction of sp³-hybridized carbons (Fsp3) is 0.300. The Morgan fingerprint density at radius 3 is 2.88 bits per heavy atom. The highest BCUT2D eigenvalue weighted by Gasteiger charge is 2.06. The molecule has 5 nitrogen and oxygen atoms in total. The molecule has 0 saturated carbocycles. The van der Waals surface area contributed by atoms with Gasteiger partial charge in [-0.15, -0.1) is 0 Å². The van der Waals surface area contributed by atoms with Crippen LogP contribution in [0.4, 0.5) is 5.82 Å². The first-order valence-electron chi connectivity index (χ1n) is 4.79. The zero-order valence-electron chi connectivity index (χ0n) is 8.99. The minimum absolute atomic E-state index is 0.529. The van der Waals surface area contributed by atoms with Gasteiger partial charge in [-0.05, 0) is 36.4 Å². The highest BCUT2D eigenvalue weighted by molar-refractivity contribution is 14.1. The molecule has 0 unspecified atom stereocenters. The van der Waals surface area contributed by atoms with Crippen LogP contribution in [0.5, 0.6) is 0 Å². The van der Waals surface area contributed by atoms with Gasteiger partial charge in [0.1, 0.15) is 17.9 Å². The van der Waals surface area contributed by atoms with Crippen molar-refractivity contribution in [2.75, 3.05) is 5.32 Å². The molecule has 84 valence electrons. The van der Waals surface area contributed by atoms with E-state index in [9.17, 15) is 0 Å². The Bertz CT molecular complexity index is 478. The fourth-order valence-electron chi connectivity index (χ4n) is 1.22. The van der Waals surface area contributed by atoms with Gasteiger partial charge in [-0.3, -0.25) is 0 Å². The Balaban J connectivity index is 2.05. The maximum absolute atomic E-state index is 5.46. The van der Waals surface area contributed by atoms with Crippen molar-refractivity contribution in [1.29, 1.82) is 0 Å². The molecule has 16 heavy (non-hydrogen) atoms. The lowest BCUT2D eigenvalue weighted by atomic mass is 10.4. The lowest BCUT2D eigenvalue weighted by Gasteiger charge is -2.03. The Morgan fingerprint density at radius 1 is 1.44 bits per heavy atom. The first-order valence-corrected chi connectivity index (χ1v) is 5.87. The number of rotatable bonds is 3. The Morgan fingerprint density at radius 2 is 2.25 bits per heavy atom. The van der Waals surface area contributed by atoms with E-state index in [0.29, 0.717) is 12.4 Å². The van der Waals surface area contributed by atoms with Gasteiger partial charge in [-0.25, -0.2) is 15.0 Å². The van der Waals surface area contributed by atoms with E-state index in [1.165, 1.54) is 6.33 Å². The van der Waals surface area contributed by atoms with E-state index in [2.05, 4.69) is 42.9 Å². The molecule has 0 aromatic carbocycles. The molecule has 2 aromatic heterocycles. The fourth-order valence-corrected chi connectivity index (χ4v) is 1.71. The number of halogens is 1. The molecule has 2 rings (SSSR count). The van der Waals surface area contributed by atoms with E-state index in [0.717, 1.165) is 20.8 Å². The van der Waals surface area contributed by atoms with Gasteiger partial charge >= 0.3 is 0 Å². The summed E-state index contributed by atoms with van der Waals surface area (Å²) < 4.78 is 6.43. The molecule has 0 fully saturated rings. The highest BCUT2D eigenvalue weighted by atomic mass is 127. The predicted molar refractivity (Wildman–Crippen MR) is 68.1 cm³/mol. The molecule has 0 saturated heterocycles. The van der Waals surface area contributed by atoms with E-state index >= 15 is 0 Å². The number of aromatic nitrogens is 3. The maximum Gasteiger partial charge on any atom is 0.213 e. The van der Waals surface area contributed by atoms with Crippen molar-refractivity contribution in [2.24, 2.45) is 0 Å². The topological polar surface area (TPSA) is 63.8 Å². The van der Waals surface area contributed by atoms with Crippen LogP contribution < -0.4 is 5.32 Å². The quantitative estimate of drug-likeness (QED) is 0.875. The minimum atomic E-state index is 0.529. The van der Waals surface area contributed by atoms with Crippen LogP contribution >= 0.6 is 22.6 Å². The molecule has 0 aliphatic heterocycles. The molecule has 0 atom stereocenters. The lowest BCUT2D eigenvalue weighted by Crippen LogP contribution is -2.03. The van der Waals surface area contributed by atoms with E-state index in [1.54, 1.807) is 6.20 Å². The average molecular weight is 330 g/mol. The van der Waals surface area contributed by atoms with Gasteiger partial charge in [-0.1, -0.05) is 0 Å². The maximum atomic E-state index is 5.46. The second-order valence-corrected chi connectivity index (χ2v) is 4.48. The van der Waals surface area contributed by atoms with Crippen LogP contribution in [0, 0.1) is 17.4 Å². The predicted octanol–water partition coefficient (Wildman–Crippen LogP) is 2.30. The second kappa shape index (κ2) is 4.77. The minimum Gasteiger partial charge on any atom is -0.444 e. The first kappa shape index (κ1) is 11.3. The smallest absolute Gasteiger partial charge is 0.213 e. The molecule has 1 N–H and O–H groups in total. The van der Waals surface area contributed by atoms with Crippen LogP contribution in [-0.4, -0.2) is 15.0 Å². The van der Waals surface area contributed by atoms with E-state index < -0.39 is 0 Å². The van der Waals surface area contributed by atoms with Gasteiger partial charge in [0.25, 0.3) is 0 Å². The van der Waals surface area contributed by atoms with Crippen molar-refractivity contribution >= 4 is 28.4 Å². The zero-order valence-corrected chi connectivity index (χ0v) is 11.1. The second-order valence-electron chi connectivity index (χ2n) is 3.32. The number of hydrogen-bond donors (Lipinski definition) is 1. The third-order valence-corrected chi connectivity index (χ3v) is 2.94. The van der Waals surface area contributed by atoms with Crippen LogP contribution in [0.2, 0.25) is 0 Å². The molecular weight excluding hydrogens is 319 g/mol. The van der Waals surface area contributed by atoms with Crippen molar-refractivity contribution in [1.82, 2.24) is 15.0 Å². The summed E-state index contributed by atoms with van der Waals surface area (Å²) in [6.07, 6.45) is 3.26. The number of oxazole rings is 1. The van der Waals surface area contributed by atoms with Gasteiger partial charge in [0.05, 0.1) is 15.8 Å². The number of nitrogens with one attached hydrogen (secondary N) is 1. The molecule has 0 aliphatic carbocycles. The van der Waals surface area contributed by atoms with E-state index in [-0.39, 0.29) is 0 Å². The Kier molecular flexibility index (Phi) is 3.37. The molecule has 0 aliphatic rings. The van der Waals surface area contributed by atoms with Gasteiger partial charge in [0, 0.05) is 6.20 Å². The van der Waals surface area contributed by atoms with Crippen molar-refractivity contribution in [2.45, 2.75) is 20.4 Å². The molecular formula is C10H11IN4O. The van der Waals surface area contributed by atoms with Crippen molar-refractivity contribution < 1.29 is 4.42 Å². The summed E-state index contributed by atoms with van der Waals surface area (Å²) in [7, 11) is 0. The van der Waals surface area contributed by atoms with Crippen LogP contribution in [0.25, 0.3) is 0 Å². The summed E-state index contributed by atoms with van der Waals surface area (Å²) in [6.45, 7) is 4.36. The van der Waals surface area contributed by atoms with Crippen molar-refractivity contribution in [3.8, 4) is 0 Å². The standard InChI is InChI=1S/C10H11IN4O/c1-6-7(2)16-9(15-6)4-13-10-8(11)3-12-5-14-10/h3,5H,4H2,1-2H3,(H,12,13,14). The molecule has 0 radical (unpaired) electrons. The number of nitrogens with zero attached hydrogens (tertiary/aromatic N) is 3. The molecule has 0 spiro atoms. The van der Waals surface area contributed by atoms with Crippen molar-refractivity contribution in [3.05, 3.63) is 33.4 Å². The summed E-state index contributed by atoms with van der Waals surface area (Å²) in [5, 5.41) is 3.15. The zero-order chi connectivity index (χ0) is 11.5. The summed E-state index contributed by atoms with van der Waals surface area (Å²) in [4.78, 5) is 12.3. The van der Waals surface area contributed by atoms with Crippen LogP contribution in [0.3, 0.4) is 0 Å². The van der Waals surface area contributed by atoms with Crippen LogP contribution in [0.1, 0.15) is 17.3 Å². The number of anilines is 1.